The minimum atomic E-state index is 0.0405. The summed E-state index contributed by atoms with van der Waals surface area (Å²) in [6, 6.07) is 2.17. The molecule has 0 radical (unpaired) electrons. The first kappa shape index (κ1) is 14.5. The molecule has 2 aromatic heterocycles. The second-order valence-electron chi connectivity index (χ2n) is 5.80. The standard InChI is InChI=1S/C15H22N4OS/c1-4-16-14-17-12(11-9-10(2)21-13(11)18-14)19-15(3)5-7-20-8-6-15/h9H,4-8H2,1-3H3,(H2,16,17,18,19). The molecule has 0 atom stereocenters. The predicted octanol–water partition coefficient (Wildman–Crippen LogP) is 3.41. The van der Waals surface area contributed by atoms with Gasteiger partial charge in [-0.3, -0.25) is 0 Å². The molecule has 5 nitrogen and oxygen atoms in total. The highest BCUT2D eigenvalue weighted by molar-refractivity contribution is 7.18. The lowest BCUT2D eigenvalue weighted by molar-refractivity contribution is 0.0657. The molecule has 1 fully saturated rings. The van der Waals surface area contributed by atoms with Crippen molar-refractivity contribution in [1.29, 1.82) is 0 Å². The first-order valence-electron chi connectivity index (χ1n) is 7.48. The van der Waals surface area contributed by atoms with Crippen LogP contribution in [-0.4, -0.2) is 35.3 Å². The van der Waals surface area contributed by atoms with E-state index in [9.17, 15) is 0 Å². The third-order valence-electron chi connectivity index (χ3n) is 3.87. The molecular weight excluding hydrogens is 284 g/mol. The molecule has 1 saturated heterocycles. The summed E-state index contributed by atoms with van der Waals surface area (Å²) in [4.78, 5) is 11.6. The van der Waals surface area contributed by atoms with Crippen molar-refractivity contribution in [3.63, 3.8) is 0 Å². The molecule has 1 aliphatic heterocycles. The van der Waals surface area contributed by atoms with Gasteiger partial charge in [0, 0.05) is 30.2 Å². The van der Waals surface area contributed by atoms with Crippen LogP contribution in [-0.2, 0) is 4.74 Å². The number of ether oxygens (including phenoxy) is 1. The summed E-state index contributed by atoms with van der Waals surface area (Å²) >= 11 is 1.71. The average molecular weight is 306 g/mol. The Labute approximate surface area is 129 Å². The van der Waals surface area contributed by atoms with Gasteiger partial charge in [-0.1, -0.05) is 0 Å². The van der Waals surface area contributed by atoms with Crippen LogP contribution in [0.4, 0.5) is 11.8 Å². The number of aromatic nitrogens is 2. The van der Waals surface area contributed by atoms with E-state index in [2.05, 4.69) is 47.4 Å². The Morgan fingerprint density at radius 2 is 2.10 bits per heavy atom. The van der Waals surface area contributed by atoms with Gasteiger partial charge in [-0.2, -0.15) is 4.98 Å². The minimum absolute atomic E-state index is 0.0405. The largest absolute Gasteiger partial charge is 0.381 e. The van der Waals surface area contributed by atoms with E-state index >= 15 is 0 Å². The maximum atomic E-state index is 5.47. The molecule has 0 bridgehead atoms. The number of fused-ring (bicyclic) bond motifs is 1. The Morgan fingerprint density at radius 3 is 2.81 bits per heavy atom. The first-order valence-corrected chi connectivity index (χ1v) is 8.29. The minimum Gasteiger partial charge on any atom is -0.381 e. The van der Waals surface area contributed by atoms with E-state index in [4.69, 9.17) is 4.74 Å². The van der Waals surface area contributed by atoms with E-state index in [1.807, 2.05) is 0 Å². The summed E-state index contributed by atoms with van der Waals surface area (Å²) in [6.45, 7) is 8.84. The van der Waals surface area contributed by atoms with Crippen LogP contribution in [0.5, 0.6) is 0 Å². The van der Waals surface area contributed by atoms with E-state index in [-0.39, 0.29) is 5.54 Å². The van der Waals surface area contributed by atoms with Crippen molar-refractivity contribution < 1.29 is 4.74 Å². The Bertz CT molecular complexity index is 634. The summed E-state index contributed by atoms with van der Waals surface area (Å²) in [5.74, 6) is 1.63. The normalized spacial score (nSPS) is 17.9. The lowest BCUT2D eigenvalue weighted by atomic mass is 9.92. The van der Waals surface area contributed by atoms with Crippen molar-refractivity contribution >= 4 is 33.3 Å². The Morgan fingerprint density at radius 1 is 1.33 bits per heavy atom. The van der Waals surface area contributed by atoms with Crippen LogP contribution in [0.3, 0.4) is 0 Å². The van der Waals surface area contributed by atoms with Crippen molar-refractivity contribution in [3.8, 4) is 0 Å². The molecule has 0 aromatic carbocycles. The smallest absolute Gasteiger partial charge is 0.226 e. The monoisotopic (exact) mass is 306 g/mol. The van der Waals surface area contributed by atoms with Gasteiger partial charge in [-0.25, -0.2) is 4.98 Å². The average Bonchev–Trinajstić information content (AvgIpc) is 2.80. The highest BCUT2D eigenvalue weighted by atomic mass is 32.1. The summed E-state index contributed by atoms with van der Waals surface area (Å²) in [5.41, 5.74) is 0.0405. The van der Waals surface area contributed by atoms with Crippen molar-refractivity contribution in [2.75, 3.05) is 30.4 Å². The molecule has 2 aromatic rings. The SMILES string of the molecule is CCNc1nc(NC2(C)CCOCC2)c2cc(C)sc2n1. The Kier molecular flexibility index (Phi) is 3.99. The van der Waals surface area contributed by atoms with Gasteiger partial charge in [0.15, 0.2) is 0 Å². The lowest BCUT2D eigenvalue weighted by Crippen LogP contribution is -2.41. The van der Waals surface area contributed by atoms with Gasteiger partial charge < -0.3 is 15.4 Å². The molecule has 0 aliphatic carbocycles. The van der Waals surface area contributed by atoms with Crippen LogP contribution >= 0.6 is 11.3 Å². The Balaban J connectivity index is 1.98. The van der Waals surface area contributed by atoms with Crippen LogP contribution < -0.4 is 10.6 Å². The summed E-state index contributed by atoms with van der Waals surface area (Å²) in [7, 11) is 0. The van der Waals surface area contributed by atoms with E-state index in [1.165, 1.54) is 4.88 Å². The molecule has 6 heteroatoms. The second kappa shape index (κ2) is 5.77. The summed E-state index contributed by atoms with van der Waals surface area (Å²) < 4.78 is 5.47. The fourth-order valence-electron chi connectivity index (χ4n) is 2.61. The number of hydrogen-bond donors (Lipinski definition) is 2. The van der Waals surface area contributed by atoms with Gasteiger partial charge in [-0.15, -0.1) is 11.3 Å². The molecular formula is C15H22N4OS. The molecule has 3 rings (SSSR count). The maximum absolute atomic E-state index is 5.47. The highest BCUT2D eigenvalue weighted by Crippen LogP contribution is 2.33. The van der Waals surface area contributed by atoms with Crippen molar-refractivity contribution in [3.05, 3.63) is 10.9 Å². The molecule has 0 amide bonds. The van der Waals surface area contributed by atoms with Crippen molar-refractivity contribution in [2.45, 2.75) is 39.2 Å². The summed E-state index contributed by atoms with van der Waals surface area (Å²) in [5, 5.41) is 7.98. The zero-order valence-electron chi connectivity index (χ0n) is 12.8. The molecule has 1 aliphatic rings. The molecule has 21 heavy (non-hydrogen) atoms. The Hall–Kier alpha value is -1.40. The number of rotatable bonds is 4. The zero-order valence-corrected chi connectivity index (χ0v) is 13.6. The maximum Gasteiger partial charge on any atom is 0.226 e. The quantitative estimate of drug-likeness (QED) is 0.906. The van der Waals surface area contributed by atoms with Crippen molar-refractivity contribution in [1.82, 2.24) is 9.97 Å². The fraction of sp³-hybridized carbons (Fsp3) is 0.600. The molecule has 0 spiro atoms. The number of hydrogen-bond acceptors (Lipinski definition) is 6. The van der Waals surface area contributed by atoms with Gasteiger partial charge in [0.2, 0.25) is 5.95 Å². The number of aryl methyl sites for hydroxylation is 1. The van der Waals surface area contributed by atoms with E-state index in [0.29, 0.717) is 5.95 Å². The first-order chi connectivity index (χ1) is 10.1. The molecule has 3 heterocycles. The van der Waals surface area contributed by atoms with Crippen LogP contribution in [0.25, 0.3) is 10.2 Å². The zero-order chi connectivity index (χ0) is 14.9. The molecule has 2 N–H and O–H groups in total. The van der Waals surface area contributed by atoms with E-state index in [1.54, 1.807) is 11.3 Å². The van der Waals surface area contributed by atoms with Gasteiger partial charge >= 0.3 is 0 Å². The summed E-state index contributed by atoms with van der Waals surface area (Å²) in [6.07, 6.45) is 2.00. The van der Waals surface area contributed by atoms with Gasteiger partial charge in [0.1, 0.15) is 10.6 Å². The third kappa shape index (κ3) is 3.11. The fourth-order valence-corrected chi connectivity index (χ4v) is 3.49. The second-order valence-corrected chi connectivity index (χ2v) is 7.03. The molecule has 0 unspecified atom stereocenters. The van der Waals surface area contributed by atoms with Gasteiger partial charge in [0.25, 0.3) is 0 Å². The van der Waals surface area contributed by atoms with Gasteiger partial charge in [0.05, 0.1) is 5.39 Å². The molecule has 114 valence electrons. The topological polar surface area (TPSA) is 59.1 Å². The third-order valence-corrected chi connectivity index (χ3v) is 4.81. The van der Waals surface area contributed by atoms with Crippen LogP contribution in [0.15, 0.2) is 6.07 Å². The van der Waals surface area contributed by atoms with Crippen molar-refractivity contribution in [2.24, 2.45) is 0 Å². The number of anilines is 2. The van der Waals surface area contributed by atoms with E-state index < -0.39 is 0 Å². The van der Waals surface area contributed by atoms with Gasteiger partial charge in [-0.05, 0) is 39.7 Å². The number of nitrogens with zero attached hydrogens (tertiary/aromatic N) is 2. The highest BCUT2D eigenvalue weighted by Gasteiger charge is 2.28. The lowest BCUT2D eigenvalue weighted by Gasteiger charge is -2.35. The van der Waals surface area contributed by atoms with E-state index in [0.717, 1.165) is 48.6 Å². The predicted molar refractivity (Wildman–Crippen MR) is 88.4 cm³/mol. The molecule has 0 saturated carbocycles. The van der Waals surface area contributed by atoms with Crippen LogP contribution in [0.2, 0.25) is 0 Å². The number of thiophene rings is 1. The van der Waals surface area contributed by atoms with Crippen LogP contribution in [0.1, 0.15) is 31.6 Å². The van der Waals surface area contributed by atoms with Crippen LogP contribution in [0, 0.1) is 6.92 Å². The number of nitrogens with one attached hydrogen (secondary N) is 2.